The van der Waals surface area contributed by atoms with Gasteiger partial charge in [0, 0.05) is 14.1 Å². The molecule has 0 aliphatic rings. The molecule has 0 heterocycles. The Labute approximate surface area is 78.2 Å². The number of benzene rings is 1. The van der Waals surface area contributed by atoms with Crippen molar-refractivity contribution in [2.24, 2.45) is 0 Å². The maximum absolute atomic E-state index is 9.43. The Morgan fingerprint density at radius 2 is 1.77 bits per heavy atom. The highest BCUT2D eigenvalue weighted by Gasteiger charge is 1.79. The van der Waals surface area contributed by atoms with E-state index in [9.17, 15) is 4.79 Å². The topological polar surface area (TPSA) is 44.1 Å². The quantitative estimate of drug-likeness (QED) is 0.605. The van der Waals surface area contributed by atoms with E-state index in [0.717, 1.165) is 6.41 Å². The number of nitrogens with zero attached hydrogens (tertiary/aromatic N) is 2. The lowest BCUT2D eigenvalue weighted by molar-refractivity contribution is -0.115. The van der Waals surface area contributed by atoms with Gasteiger partial charge < -0.3 is 4.90 Å². The van der Waals surface area contributed by atoms with Gasteiger partial charge in [0.2, 0.25) is 6.41 Å². The Bertz CT molecular complexity index is 275. The van der Waals surface area contributed by atoms with Crippen molar-refractivity contribution in [3.63, 3.8) is 0 Å². The summed E-state index contributed by atoms with van der Waals surface area (Å²) in [6.45, 7) is 0. The third kappa shape index (κ3) is 6.57. The second kappa shape index (κ2) is 6.86. The second-order valence-electron chi connectivity index (χ2n) is 2.55. The fourth-order valence-corrected chi connectivity index (χ4v) is 0.513. The maximum atomic E-state index is 9.43. The van der Waals surface area contributed by atoms with E-state index in [4.69, 9.17) is 5.26 Å². The van der Waals surface area contributed by atoms with Crippen molar-refractivity contribution in [3.8, 4) is 6.07 Å². The number of amides is 1. The zero-order chi connectivity index (χ0) is 10.1. The highest BCUT2D eigenvalue weighted by molar-refractivity contribution is 5.45. The van der Waals surface area contributed by atoms with Crippen molar-refractivity contribution in [2.45, 2.75) is 0 Å². The van der Waals surface area contributed by atoms with Crippen LogP contribution < -0.4 is 0 Å². The standard InChI is InChI=1S/C7H5N.C3H7NO/c8-6-7-4-2-1-3-5-7;1-4(2)3-5/h1-5H;3H,1-2H3. The number of hydrogen-bond donors (Lipinski definition) is 0. The summed E-state index contributed by atoms with van der Waals surface area (Å²) in [6.07, 6.45) is 0.750. The third-order valence-electron chi connectivity index (χ3n) is 1.11. The molecule has 0 fully saturated rings. The molecule has 0 aliphatic heterocycles. The van der Waals surface area contributed by atoms with Crippen LogP contribution >= 0.6 is 0 Å². The van der Waals surface area contributed by atoms with Crippen LogP contribution in [0.3, 0.4) is 0 Å². The Morgan fingerprint density at radius 1 is 1.31 bits per heavy atom. The van der Waals surface area contributed by atoms with Gasteiger partial charge in [0.15, 0.2) is 0 Å². The minimum atomic E-state index is 0.715. The van der Waals surface area contributed by atoms with E-state index in [1.165, 1.54) is 4.90 Å². The summed E-state index contributed by atoms with van der Waals surface area (Å²) in [5, 5.41) is 8.29. The highest BCUT2D eigenvalue weighted by Crippen LogP contribution is 1.93. The van der Waals surface area contributed by atoms with Gasteiger partial charge in [0.1, 0.15) is 0 Å². The van der Waals surface area contributed by atoms with Crippen LogP contribution in [0.25, 0.3) is 0 Å². The predicted octanol–water partition coefficient (Wildman–Crippen LogP) is 1.26. The van der Waals surface area contributed by atoms with Crippen molar-refractivity contribution in [1.82, 2.24) is 4.90 Å². The molecular formula is C10H12N2O. The van der Waals surface area contributed by atoms with Gasteiger partial charge in [-0.15, -0.1) is 0 Å². The molecule has 0 radical (unpaired) electrons. The molecule has 0 unspecified atom stereocenters. The molecule has 3 nitrogen and oxygen atoms in total. The molecule has 0 N–H and O–H groups in total. The number of carbonyl (C=O) groups is 1. The molecule has 1 amide bonds. The summed E-state index contributed by atoms with van der Waals surface area (Å²) < 4.78 is 0. The summed E-state index contributed by atoms with van der Waals surface area (Å²) in [5.41, 5.74) is 0.715. The van der Waals surface area contributed by atoms with E-state index < -0.39 is 0 Å². The zero-order valence-corrected chi connectivity index (χ0v) is 7.77. The minimum absolute atomic E-state index is 0.715. The Balaban J connectivity index is 0.000000252. The van der Waals surface area contributed by atoms with E-state index in [2.05, 4.69) is 0 Å². The molecule has 1 rings (SSSR count). The number of rotatable bonds is 1. The van der Waals surface area contributed by atoms with Gasteiger partial charge in [-0.1, -0.05) is 18.2 Å². The molecule has 68 valence electrons. The first-order chi connectivity index (χ1) is 6.20. The summed E-state index contributed by atoms with van der Waals surface area (Å²) >= 11 is 0. The van der Waals surface area contributed by atoms with Gasteiger partial charge >= 0.3 is 0 Å². The van der Waals surface area contributed by atoms with Crippen molar-refractivity contribution >= 4 is 6.41 Å². The van der Waals surface area contributed by atoms with E-state index >= 15 is 0 Å². The van der Waals surface area contributed by atoms with Crippen LogP contribution in [-0.2, 0) is 4.79 Å². The largest absolute Gasteiger partial charge is 0.351 e. The first kappa shape index (κ1) is 11.2. The van der Waals surface area contributed by atoms with Crippen LogP contribution in [0.1, 0.15) is 5.56 Å². The van der Waals surface area contributed by atoms with Gasteiger partial charge in [-0.05, 0) is 12.1 Å². The smallest absolute Gasteiger partial charge is 0.209 e. The molecular weight excluding hydrogens is 164 g/mol. The fourth-order valence-electron chi connectivity index (χ4n) is 0.513. The normalized spacial score (nSPS) is 7.46. The lowest BCUT2D eigenvalue weighted by Gasteiger charge is -1.93. The first-order valence-corrected chi connectivity index (χ1v) is 3.77. The van der Waals surface area contributed by atoms with Gasteiger partial charge in [0.25, 0.3) is 0 Å². The lowest BCUT2D eigenvalue weighted by Crippen LogP contribution is -2.06. The zero-order valence-electron chi connectivity index (χ0n) is 7.77. The molecule has 1 aromatic rings. The number of hydrogen-bond acceptors (Lipinski definition) is 2. The molecule has 0 saturated heterocycles. The Morgan fingerprint density at radius 3 is 2.00 bits per heavy atom. The molecule has 0 atom stereocenters. The molecule has 0 spiro atoms. The van der Waals surface area contributed by atoms with Crippen LogP contribution in [0.4, 0.5) is 0 Å². The molecule has 0 aromatic heterocycles. The average Bonchev–Trinajstić information content (AvgIpc) is 2.20. The van der Waals surface area contributed by atoms with Crippen LogP contribution in [-0.4, -0.2) is 25.4 Å². The van der Waals surface area contributed by atoms with Crippen LogP contribution in [0.15, 0.2) is 30.3 Å². The molecule has 1 aromatic carbocycles. The van der Waals surface area contributed by atoms with Crippen LogP contribution in [0.5, 0.6) is 0 Å². The van der Waals surface area contributed by atoms with Crippen LogP contribution in [0, 0.1) is 11.3 Å². The average molecular weight is 176 g/mol. The molecule has 0 aliphatic carbocycles. The number of nitriles is 1. The summed E-state index contributed by atoms with van der Waals surface area (Å²) in [6, 6.07) is 11.2. The second-order valence-corrected chi connectivity index (χ2v) is 2.55. The fraction of sp³-hybridized carbons (Fsp3) is 0.200. The van der Waals surface area contributed by atoms with Gasteiger partial charge in [-0.25, -0.2) is 0 Å². The summed E-state index contributed by atoms with van der Waals surface area (Å²) in [4.78, 5) is 10.9. The number of carbonyl (C=O) groups excluding carboxylic acids is 1. The Hall–Kier alpha value is -1.82. The first-order valence-electron chi connectivity index (χ1n) is 3.77. The predicted molar refractivity (Wildman–Crippen MR) is 50.9 cm³/mol. The summed E-state index contributed by atoms with van der Waals surface area (Å²) in [7, 11) is 3.38. The molecule has 0 bridgehead atoms. The van der Waals surface area contributed by atoms with Crippen molar-refractivity contribution in [3.05, 3.63) is 35.9 Å². The van der Waals surface area contributed by atoms with Crippen LogP contribution in [0.2, 0.25) is 0 Å². The Kier molecular flexibility index (Phi) is 5.90. The molecule has 13 heavy (non-hydrogen) atoms. The van der Waals surface area contributed by atoms with Crippen molar-refractivity contribution in [1.29, 1.82) is 5.26 Å². The van der Waals surface area contributed by atoms with Crippen molar-refractivity contribution < 1.29 is 4.79 Å². The van der Waals surface area contributed by atoms with Gasteiger partial charge in [0.05, 0.1) is 11.6 Å². The van der Waals surface area contributed by atoms with Gasteiger partial charge in [-0.2, -0.15) is 5.26 Å². The van der Waals surface area contributed by atoms with Gasteiger partial charge in [-0.3, -0.25) is 4.79 Å². The van der Waals surface area contributed by atoms with E-state index in [-0.39, 0.29) is 0 Å². The monoisotopic (exact) mass is 176 g/mol. The highest BCUT2D eigenvalue weighted by atomic mass is 16.1. The molecule has 3 heteroatoms. The van der Waals surface area contributed by atoms with Crippen molar-refractivity contribution in [2.75, 3.05) is 14.1 Å². The van der Waals surface area contributed by atoms with E-state index in [1.54, 1.807) is 26.2 Å². The SMILES string of the molecule is CN(C)C=O.N#Cc1ccccc1. The van der Waals surface area contributed by atoms with E-state index in [0.29, 0.717) is 5.56 Å². The summed E-state index contributed by atoms with van der Waals surface area (Å²) in [5.74, 6) is 0. The maximum Gasteiger partial charge on any atom is 0.209 e. The molecule has 0 saturated carbocycles. The minimum Gasteiger partial charge on any atom is -0.351 e. The lowest BCUT2D eigenvalue weighted by atomic mass is 10.2. The third-order valence-corrected chi connectivity index (χ3v) is 1.11. The van der Waals surface area contributed by atoms with E-state index in [1.807, 2.05) is 24.3 Å².